The van der Waals surface area contributed by atoms with E-state index in [-0.39, 0.29) is 24.6 Å². The first-order valence-corrected chi connectivity index (χ1v) is 5.60. The van der Waals surface area contributed by atoms with E-state index in [1.165, 1.54) is 6.07 Å². The quantitative estimate of drug-likeness (QED) is 0.737. The molecule has 0 atom stereocenters. The number of ether oxygens (including phenoxy) is 1. The van der Waals surface area contributed by atoms with Crippen molar-refractivity contribution in [2.45, 2.75) is 6.18 Å². The average Bonchev–Trinajstić information content (AvgIpc) is 2.17. The van der Waals surface area contributed by atoms with Gasteiger partial charge in [0.25, 0.3) is 0 Å². The molecule has 2 nitrogen and oxygen atoms in total. The molecule has 7 heteroatoms. The van der Waals surface area contributed by atoms with Crippen molar-refractivity contribution in [3.05, 3.63) is 22.4 Å². The first-order chi connectivity index (χ1) is 7.87. The minimum atomic E-state index is -4.33. The van der Waals surface area contributed by atoms with E-state index < -0.39 is 18.5 Å². The molecule has 0 aliphatic carbocycles. The summed E-state index contributed by atoms with van der Waals surface area (Å²) in [5.41, 5.74) is 0.125. The average molecular weight is 314 g/mol. The normalized spacial score (nSPS) is 15.5. The Morgan fingerprint density at radius 1 is 1.35 bits per heavy atom. The molecule has 1 aromatic rings. The van der Waals surface area contributed by atoms with Crippen LogP contribution in [0.1, 0.15) is 0 Å². The molecule has 0 saturated heterocycles. The van der Waals surface area contributed by atoms with E-state index in [4.69, 9.17) is 4.74 Å². The van der Waals surface area contributed by atoms with Crippen LogP contribution in [0.15, 0.2) is 16.6 Å². The molecule has 0 spiro atoms. The van der Waals surface area contributed by atoms with E-state index in [1.54, 1.807) is 0 Å². The summed E-state index contributed by atoms with van der Waals surface area (Å²) in [5, 5.41) is 0. The van der Waals surface area contributed by atoms with Gasteiger partial charge in [-0.1, -0.05) is 15.9 Å². The highest BCUT2D eigenvalue weighted by Gasteiger charge is 2.34. The van der Waals surface area contributed by atoms with Gasteiger partial charge in [0.15, 0.2) is 11.6 Å². The summed E-state index contributed by atoms with van der Waals surface area (Å²) in [6, 6.07) is 2.58. The minimum Gasteiger partial charge on any atom is -0.486 e. The van der Waals surface area contributed by atoms with Crippen LogP contribution in [-0.4, -0.2) is 25.9 Å². The van der Waals surface area contributed by atoms with E-state index in [2.05, 4.69) is 15.9 Å². The zero-order chi connectivity index (χ0) is 12.6. The predicted molar refractivity (Wildman–Crippen MR) is 57.9 cm³/mol. The fourth-order valence-corrected chi connectivity index (χ4v) is 2.10. The molecule has 1 aromatic carbocycles. The Hall–Kier alpha value is -0.980. The number of benzene rings is 1. The third-order valence-electron chi connectivity index (χ3n) is 2.31. The van der Waals surface area contributed by atoms with Gasteiger partial charge in [-0.25, -0.2) is 4.39 Å². The number of rotatable bonds is 1. The maximum atomic E-state index is 13.5. The summed E-state index contributed by atoms with van der Waals surface area (Å²) in [4.78, 5) is 1.06. The number of hydrogen-bond acceptors (Lipinski definition) is 2. The van der Waals surface area contributed by atoms with Crippen LogP contribution in [0.25, 0.3) is 0 Å². The Morgan fingerprint density at radius 3 is 2.71 bits per heavy atom. The maximum absolute atomic E-state index is 13.5. The van der Waals surface area contributed by atoms with Gasteiger partial charge in [0, 0.05) is 4.47 Å². The zero-order valence-electron chi connectivity index (χ0n) is 8.52. The van der Waals surface area contributed by atoms with Gasteiger partial charge >= 0.3 is 6.18 Å². The number of halogens is 5. The molecule has 94 valence electrons. The molecular weight excluding hydrogens is 306 g/mol. The van der Waals surface area contributed by atoms with Crippen molar-refractivity contribution in [3.63, 3.8) is 0 Å². The van der Waals surface area contributed by atoms with Crippen LogP contribution in [-0.2, 0) is 0 Å². The predicted octanol–water partition coefficient (Wildman–Crippen LogP) is 3.35. The van der Waals surface area contributed by atoms with Crippen LogP contribution < -0.4 is 9.64 Å². The lowest BCUT2D eigenvalue weighted by Crippen LogP contribution is -2.39. The third kappa shape index (κ3) is 2.83. The van der Waals surface area contributed by atoms with Gasteiger partial charge in [0.2, 0.25) is 0 Å². The fourth-order valence-electron chi connectivity index (χ4n) is 1.68. The number of fused-ring (bicyclic) bond motifs is 1. The summed E-state index contributed by atoms with van der Waals surface area (Å²) in [5.74, 6) is -0.787. The Labute approximate surface area is 103 Å². The van der Waals surface area contributed by atoms with Crippen LogP contribution in [0.3, 0.4) is 0 Å². The number of hydrogen-bond donors (Lipinski definition) is 0. The zero-order valence-corrected chi connectivity index (χ0v) is 10.1. The molecule has 0 N–H and O–H groups in total. The second-order valence-corrected chi connectivity index (χ2v) is 4.54. The summed E-state index contributed by atoms with van der Waals surface area (Å²) < 4.78 is 55.9. The Kier molecular flexibility index (Phi) is 3.20. The van der Waals surface area contributed by atoms with Gasteiger partial charge in [-0.05, 0) is 12.1 Å². The van der Waals surface area contributed by atoms with Crippen LogP contribution in [0.4, 0.5) is 23.2 Å². The van der Waals surface area contributed by atoms with Gasteiger partial charge in [-0.2, -0.15) is 13.2 Å². The highest BCUT2D eigenvalue weighted by atomic mass is 79.9. The van der Waals surface area contributed by atoms with Crippen molar-refractivity contribution in [3.8, 4) is 5.75 Å². The molecule has 2 rings (SSSR count). The monoisotopic (exact) mass is 313 g/mol. The van der Waals surface area contributed by atoms with E-state index >= 15 is 0 Å². The summed E-state index contributed by atoms with van der Waals surface area (Å²) in [7, 11) is 0. The number of nitrogens with zero attached hydrogens (tertiary/aromatic N) is 1. The molecule has 0 amide bonds. The lowest BCUT2D eigenvalue weighted by molar-refractivity contribution is -0.120. The molecule has 17 heavy (non-hydrogen) atoms. The van der Waals surface area contributed by atoms with Crippen molar-refractivity contribution in [1.29, 1.82) is 0 Å². The summed E-state index contributed by atoms with van der Waals surface area (Å²) in [6.07, 6.45) is -4.33. The Balaban J connectivity index is 2.37. The minimum absolute atomic E-state index is 0.0433. The molecule has 1 aliphatic heterocycles. The van der Waals surface area contributed by atoms with Crippen LogP contribution in [0, 0.1) is 5.82 Å². The molecule has 0 fully saturated rings. The molecule has 0 saturated carbocycles. The van der Waals surface area contributed by atoms with E-state index in [0.29, 0.717) is 4.47 Å². The van der Waals surface area contributed by atoms with Crippen LogP contribution in [0.2, 0.25) is 0 Å². The standard InChI is InChI=1S/C10H8BrF4NO/c11-6-3-7(12)9-8(4-6)16(1-2-17-9)5-10(13,14)15/h3-4H,1-2,5H2. The Bertz CT molecular complexity index is 435. The highest BCUT2D eigenvalue weighted by molar-refractivity contribution is 9.10. The van der Waals surface area contributed by atoms with E-state index in [0.717, 1.165) is 11.0 Å². The van der Waals surface area contributed by atoms with Gasteiger partial charge < -0.3 is 9.64 Å². The molecular formula is C10H8BrF4NO. The fraction of sp³-hybridized carbons (Fsp3) is 0.400. The lowest BCUT2D eigenvalue weighted by atomic mass is 10.2. The number of alkyl halides is 3. The smallest absolute Gasteiger partial charge is 0.405 e. The topological polar surface area (TPSA) is 12.5 Å². The van der Waals surface area contributed by atoms with Crippen molar-refractivity contribution in [2.75, 3.05) is 24.6 Å². The SMILES string of the molecule is Fc1cc(Br)cc2c1OCCN2CC(F)(F)F. The van der Waals surface area contributed by atoms with E-state index in [1.807, 2.05) is 0 Å². The second kappa shape index (κ2) is 4.36. The van der Waals surface area contributed by atoms with Gasteiger partial charge in [-0.3, -0.25) is 0 Å². The highest BCUT2D eigenvalue weighted by Crippen LogP contribution is 2.38. The molecule has 0 bridgehead atoms. The molecule has 0 aromatic heterocycles. The summed E-state index contributed by atoms with van der Waals surface area (Å²) in [6.45, 7) is -0.983. The van der Waals surface area contributed by atoms with Crippen molar-refractivity contribution >= 4 is 21.6 Å². The first-order valence-electron chi connectivity index (χ1n) is 4.80. The molecule has 1 aliphatic rings. The number of anilines is 1. The second-order valence-electron chi connectivity index (χ2n) is 3.62. The van der Waals surface area contributed by atoms with Crippen molar-refractivity contribution in [1.82, 2.24) is 0 Å². The van der Waals surface area contributed by atoms with Crippen molar-refractivity contribution in [2.24, 2.45) is 0 Å². The molecule has 1 heterocycles. The van der Waals surface area contributed by atoms with Crippen LogP contribution in [0.5, 0.6) is 5.75 Å². The Morgan fingerprint density at radius 2 is 2.06 bits per heavy atom. The van der Waals surface area contributed by atoms with Crippen molar-refractivity contribution < 1.29 is 22.3 Å². The molecule has 0 radical (unpaired) electrons. The third-order valence-corrected chi connectivity index (χ3v) is 2.77. The summed E-state index contributed by atoms with van der Waals surface area (Å²) >= 11 is 3.04. The van der Waals surface area contributed by atoms with Crippen LogP contribution >= 0.6 is 15.9 Å². The largest absolute Gasteiger partial charge is 0.486 e. The van der Waals surface area contributed by atoms with Gasteiger partial charge in [0.1, 0.15) is 13.2 Å². The molecule has 0 unspecified atom stereocenters. The van der Waals surface area contributed by atoms with Gasteiger partial charge in [-0.15, -0.1) is 0 Å². The van der Waals surface area contributed by atoms with E-state index in [9.17, 15) is 17.6 Å². The maximum Gasteiger partial charge on any atom is 0.405 e. The van der Waals surface area contributed by atoms with Gasteiger partial charge in [0.05, 0.1) is 12.2 Å². The first kappa shape index (κ1) is 12.5. The lowest BCUT2D eigenvalue weighted by Gasteiger charge is -2.32.